The quantitative estimate of drug-likeness (QED) is 0.679. The van der Waals surface area contributed by atoms with Crippen molar-refractivity contribution in [1.82, 2.24) is 0 Å². The van der Waals surface area contributed by atoms with Crippen molar-refractivity contribution in [3.05, 3.63) is 0 Å². The predicted octanol–water partition coefficient (Wildman–Crippen LogP) is 3.01. The van der Waals surface area contributed by atoms with Gasteiger partial charge < -0.3 is 9.47 Å². The maximum atomic E-state index is 5.70. The molecule has 0 aliphatic heterocycles. The van der Waals surface area contributed by atoms with Gasteiger partial charge in [0, 0.05) is 20.8 Å². The van der Waals surface area contributed by atoms with Crippen molar-refractivity contribution in [2.45, 2.75) is 51.0 Å². The first-order chi connectivity index (χ1) is 6.73. The second kappa shape index (κ2) is 5.72. The first-order valence-electron chi connectivity index (χ1n) is 5.77. The summed E-state index contributed by atoms with van der Waals surface area (Å²) >= 11 is 0. The lowest BCUT2D eigenvalue weighted by Crippen LogP contribution is -2.39. The SMILES string of the molecule is COCCC(C)(OC)C1CCCCC1. The van der Waals surface area contributed by atoms with Crippen LogP contribution in [-0.4, -0.2) is 26.4 Å². The minimum Gasteiger partial charge on any atom is -0.385 e. The van der Waals surface area contributed by atoms with Gasteiger partial charge in [0.1, 0.15) is 0 Å². The van der Waals surface area contributed by atoms with Gasteiger partial charge in [-0.15, -0.1) is 0 Å². The molecular formula is C12H24O2. The summed E-state index contributed by atoms with van der Waals surface area (Å²) in [4.78, 5) is 0. The van der Waals surface area contributed by atoms with Crippen molar-refractivity contribution in [1.29, 1.82) is 0 Å². The molecule has 1 rings (SSSR count). The highest BCUT2D eigenvalue weighted by molar-refractivity contribution is 4.85. The Kier molecular flexibility index (Phi) is 4.90. The van der Waals surface area contributed by atoms with Crippen LogP contribution < -0.4 is 0 Å². The molecule has 0 spiro atoms. The van der Waals surface area contributed by atoms with Gasteiger partial charge in [-0.3, -0.25) is 0 Å². The molecule has 1 saturated carbocycles. The van der Waals surface area contributed by atoms with E-state index in [2.05, 4.69) is 6.92 Å². The van der Waals surface area contributed by atoms with Gasteiger partial charge in [-0.2, -0.15) is 0 Å². The third-order valence-electron chi connectivity index (χ3n) is 3.74. The number of rotatable bonds is 5. The van der Waals surface area contributed by atoms with E-state index in [-0.39, 0.29) is 5.60 Å². The maximum absolute atomic E-state index is 5.70. The van der Waals surface area contributed by atoms with Crippen molar-refractivity contribution in [2.24, 2.45) is 5.92 Å². The molecule has 0 aromatic rings. The smallest absolute Gasteiger partial charge is 0.0700 e. The molecule has 0 radical (unpaired) electrons. The fraction of sp³-hybridized carbons (Fsp3) is 1.00. The van der Waals surface area contributed by atoms with Gasteiger partial charge in [-0.1, -0.05) is 19.3 Å². The van der Waals surface area contributed by atoms with Gasteiger partial charge in [0.2, 0.25) is 0 Å². The molecule has 2 nitrogen and oxygen atoms in total. The van der Waals surface area contributed by atoms with E-state index in [0.717, 1.165) is 18.9 Å². The summed E-state index contributed by atoms with van der Waals surface area (Å²) in [6.45, 7) is 3.04. The average Bonchev–Trinajstić information content (AvgIpc) is 2.27. The van der Waals surface area contributed by atoms with Gasteiger partial charge in [0.25, 0.3) is 0 Å². The zero-order valence-electron chi connectivity index (χ0n) is 9.84. The normalized spacial score (nSPS) is 23.4. The van der Waals surface area contributed by atoms with E-state index < -0.39 is 0 Å². The van der Waals surface area contributed by atoms with Gasteiger partial charge >= 0.3 is 0 Å². The van der Waals surface area contributed by atoms with Crippen LogP contribution in [-0.2, 0) is 9.47 Å². The molecular weight excluding hydrogens is 176 g/mol. The summed E-state index contributed by atoms with van der Waals surface area (Å²) in [5.74, 6) is 0.733. The van der Waals surface area contributed by atoms with Crippen LogP contribution in [0.1, 0.15) is 45.4 Å². The number of hydrogen-bond donors (Lipinski definition) is 0. The molecule has 84 valence electrons. The molecule has 0 heterocycles. The zero-order valence-corrected chi connectivity index (χ0v) is 9.84. The molecule has 0 bridgehead atoms. The van der Waals surface area contributed by atoms with Gasteiger partial charge in [0.05, 0.1) is 5.60 Å². The van der Waals surface area contributed by atoms with Crippen molar-refractivity contribution >= 4 is 0 Å². The summed E-state index contributed by atoms with van der Waals surface area (Å²) < 4.78 is 10.8. The van der Waals surface area contributed by atoms with E-state index in [9.17, 15) is 0 Å². The minimum atomic E-state index is 0.0381. The summed E-state index contributed by atoms with van der Waals surface area (Å²) in [7, 11) is 3.60. The van der Waals surface area contributed by atoms with Gasteiger partial charge in [-0.25, -0.2) is 0 Å². The molecule has 14 heavy (non-hydrogen) atoms. The second-order valence-electron chi connectivity index (χ2n) is 4.59. The lowest BCUT2D eigenvalue weighted by molar-refractivity contribution is -0.0722. The number of ether oxygens (including phenoxy) is 2. The summed E-state index contributed by atoms with van der Waals surface area (Å²) in [6.07, 6.45) is 7.82. The molecule has 1 fully saturated rings. The highest BCUT2D eigenvalue weighted by atomic mass is 16.5. The summed E-state index contributed by atoms with van der Waals surface area (Å²) in [5, 5.41) is 0. The maximum Gasteiger partial charge on any atom is 0.0700 e. The summed E-state index contributed by atoms with van der Waals surface area (Å²) in [6, 6.07) is 0. The van der Waals surface area contributed by atoms with Crippen LogP contribution in [0.2, 0.25) is 0 Å². The monoisotopic (exact) mass is 200 g/mol. The molecule has 0 amide bonds. The van der Waals surface area contributed by atoms with Crippen LogP contribution in [0.5, 0.6) is 0 Å². The largest absolute Gasteiger partial charge is 0.385 e. The lowest BCUT2D eigenvalue weighted by Gasteiger charge is -2.38. The highest BCUT2D eigenvalue weighted by Gasteiger charge is 2.34. The first kappa shape index (κ1) is 12.0. The van der Waals surface area contributed by atoms with E-state index in [0.29, 0.717) is 0 Å². The van der Waals surface area contributed by atoms with E-state index in [1.54, 1.807) is 7.11 Å². The molecule has 0 N–H and O–H groups in total. The van der Waals surface area contributed by atoms with Crippen molar-refractivity contribution in [3.8, 4) is 0 Å². The standard InChI is InChI=1S/C12H24O2/c1-12(14-3,9-10-13-2)11-7-5-4-6-8-11/h11H,4-10H2,1-3H3. The zero-order chi connectivity index (χ0) is 10.4. The first-order valence-corrected chi connectivity index (χ1v) is 5.77. The Hall–Kier alpha value is -0.0800. The molecule has 0 saturated heterocycles. The third-order valence-corrected chi connectivity index (χ3v) is 3.74. The average molecular weight is 200 g/mol. The minimum absolute atomic E-state index is 0.0381. The van der Waals surface area contributed by atoms with E-state index in [4.69, 9.17) is 9.47 Å². The second-order valence-corrected chi connectivity index (χ2v) is 4.59. The third kappa shape index (κ3) is 2.96. The molecule has 1 aliphatic rings. The molecule has 1 atom stereocenters. The van der Waals surface area contributed by atoms with E-state index in [1.165, 1.54) is 32.1 Å². The Bertz CT molecular complexity index is 152. The Morgan fingerprint density at radius 3 is 2.29 bits per heavy atom. The van der Waals surface area contributed by atoms with E-state index in [1.807, 2.05) is 7.11 Å². The molecule has 0 aromatic carbocycles. The van der Waals surface area contributed by atoms with Crippen LogP contribution in [0.4, 0.5) is 0 Å². The Balaban J connectivity index is 2.47. The van der Waals surface area contributed by atoms with Crippen LogP contribution in [0.25, 0.3) is 0 Å². The molecule has 1 unspecified atom stereocenters. The van der Waals surface area contributed by atoms with Gasteiger partial charge in [-0.05, 0) is 32.1 Å². The topological polar surface area (TPSA) is 18.5 Å². The Morgan fingerprint density at radius 2 is 1.79 bits per heavy atom. The fourth-order valence-electron chi connectivity index (χ4n) is 2.49. The van der Waals surface area contributed by atoms with Crippen molar-refractivity contribution in [3.63, 3.8) is 0 Å². The van der Waals surface area contributed by atoms with Crippen LogP contribution in [0, 0.1) is 5.92 Å². The molecule has 2 heteroatoms. The highest BCUT2D eigenvalue weighted by Crippen LogP contribution is 2.36. The van der Waals surface area contributed by atoms with Gasteiger partial charge in [0.15, 0.2) is 0 Å². The fourth-order valence-corrected chi connectivity index (χ4v) is 2.49. The summed E-state index contributed by atoms with van der Waals surface area (Å²) in [5.41, 5.74) is 0.0381. The van der Waals surface area contributed by atoms with Crippen LogP contribution in [0.15, 0.2) is 0 Å². The Labute approximate surface area is 88.0 Å². The van der Waals surface area contributed by atoms with Crippen LogP contribution in [0.3, 0.4) is 0 Å². The van der Waals surface area contributed by atoms with Crippen molar-refractivity contribution < 1.29 is 9.47 Å². The number of methoxy groups -OCH3 is 2. The predicted molar refractivity (Wildman–Crippen MR) is 58.5 cm³/mol. The molecule has 1 aliphatic carbocycles. The molecule has 0 aromatic heterocycles. The van der Waals surface area contributed by atoms with E-state index >= 15 is 0 Å². The Morgan fingerprint density at radius 1 is 1.14 bits per heavy atom. The van der Waals surface area contributed by atoms with Crippen LogP contribution >= 0.6 is 0 Å². The van der Waals surface area contributed by atoms with Crippen molar-refractivity contribution in [2.75, 3.05) is 20.8 Å². The number of hydrogen-bond acceptors (Lipinski definition) is 2. The lowest BCUT2D eigenvalue weighted by atomic mass is 9.76.